The molecule has 1 aromatic rings. The molecule has 0 fully saturated rings. The highest BCUT2D eigenvalue weighted by Crippen LogP contribution is 2.12. The van der Waals surface area contributed by atoms with Gasteiger partial charge in [0.15, 0.2) is 0 Å². The molecule has 0 aromatic carbocycles. The van der Waals surface area contributed by atoms with Gasteiger partial charge in [0.2, 0.25) is 0 Å². The van der Waals surface area contributed by atoms with E-state index < -0.39 is 0 Å². The third-order valence-electron chi connectivity index (χ3n) is 2.35. The number of aliphatic hydroxyl groups excluding tert-OH is 1. The van der Waals surface area contributed by atoms with E-state index in [2.05, 4.69) is 28.6 Å². The molecule has 0 aliphatic heterocycles. The smallest absolute Gasteiger partial charge is 0.0697 e. The molecule has 5 heteroatoms. The second kappa shape index (κ2) is 9.67. The van der Waals surface area contributed by atoms with Crippen LogP contribution in [0.5, 0.6) is 0 Å². The van der Waals surface area contributed by atoms with Crippen molar-refractivity contribution in [3.8, 4) is 0 Å². The molecule has 1 aromatic heterocycles. The summed E-state index contributed by atoms with van der Waals surface area (Å²) in [6.45, 7) is 5.09. The molecule has 0 atom stereocenters. The van der Waals surface area contributed by atoms with E-state index in [1.807, 2.05) is 12.4 Å². The highest BCUT2D eigenvalue weighted by atomic mass is 16.5. The normalized spacial score (nSPS) is 10.3. The average molecular weight is 253 g/mol. The molecule has 1 rings (SSSR count). The molecular weight excluding hydrogens is 230 g/mol. The Hall–Kier alpha value is -1.33. The lowest BCUT2D eigenvalue weighted by Gasteiger charge is -2.09. The quantitative estimate of drug-likeness (QED) is 0.554. The van der Waals surface area contributed by atoms with Gasteiger partial charge in [-0.1, -0.05) is 6.92 Å². The Labute approximate surface area is 109 Å². The Morgan fingerprint density at radius 2 is 1.89 bits per heavy atom. The lowest BCUT2D eigenvalue weighted by atomic mass is 10.3. The molecule has 0 radical (unpaired) electrons. The first-order valence-electron chi connectivity index (χ1n) is 6.48. The van der Waals surface area contributed by atoms with E-state index in [0.29, 0.717) is 13.2 Å². The Balaban J connectivity index is 2.20. The van der Waals surface area contributed by atoms with Gasteiger partial charge in [-0.25, -0.2) is 0 Å². The fourth-order valence-electron chi connectivity index (χ4n) is 1.48. The second-order valence-electron chi connectivity index (χ2n) is 4.01. The van der Waals surface area contributed by atoms with Gasteiger partial charge in [0.05, 0.1) is 37.0 Å². The Morgan fingerprint density at radius 3 is 2.56 bits per heavy atom. The fourth-order valence-corrected chi connectivity index (χ4v) is 1.48. The zero-order valence-corrected chi connectivity index (χ0v) is 11.0. The topological polar surface area (TPSA) is 66.4 Å². The lowest BCUT2D eigenvalue weighted by molar-refractivity contribution is 0.0922. The van der Waals surface area contributed by atoms with Gasteiger partial charge in [-0.2, -0.15) is 0 Å². The first-order valence-corrected chi connectivity index (χ1v) is 6.48. The summed E-state index contributed by atoms with van der Waals surface area (Å²) in [6, 6.07) is 2.05. The summed E-state index contributed by atoms with van der Waals surface area (Å²) >= 11 is 0. The van der Waals surface area contributed by atoms with Gasteiger partial charge < -0.3 is 20.5 Å². The fraction of sp³-hybridized carbons (Fsp3) is 0.615. The number of pyridine rings is 1. The minimum absolute atomic E-state index is 0.0858. The van der Waals surface area contributed by atoms with Crippen molar-refractivity contribution < 1.29 is 9.84 Å². The first-order chi connectivity index (χ1) is 8.86. The summed E-state index contributed by atoms with van der Waals surface area (Å²) in [5.41, 5.74) is 2.05. The highest BCUT2D eigenvalue weighted by molar-refractivity contribution is 5.53. The molecule has 0 aliphatic rings. The summed E-state index contributed by atoms with van der Waals surface area (Å²) < 4.78 is 5.18. The van der Waals surface area contributed by atoms with Crippen LogP contribution < -0.4 is 10.6 Å². The third-order valence-corrected chi connectivity index (χ3v) is 2.35. The number of aromatic nitrogens is 1. The summed E-state index contributed by atoms with van der Waals surface area (Å²) in [4.78, 5) is 4.18. The maximum absolute atomic E-state index is 8.55. The second-order valence-corrected chi connectivity index (χ2v) is 4.01. The Morgan fingerprint density at radius 1 is 1.17 bits per heavy atom. The van der Waals surface area contributed by atoms with E-state index in [1.165, 1.54) is 0 Å². The van der Waals surface area contributed by atoms with Crippen LogP contribution in [0, 0.1) is 0 Å². The van der Waals surface area contributed by atoms with Gasteiger partial charge in [-0.05, 0) is 18.9 Å². The summed E-state index contributed by atoms with van der Waals surface area (Å²) in [5, 5.41) is 15.1. The average Bonchev–Trinajstić information content (AvgIpc) is 2.41. The van der Waals surface area contributed by atoms with Crippen LogP contribution in [0.15, 0.2) is 18.5 Å². The first kappa shape index (κ1) is 14.7. The molecule has 102 valence electrons. The van der Waals surface area contributed by atoms with E-state index in [4.69, 9.17) is 9.84 Å². The van der Waals surface area contributed by atoms with Crippen molar-refractivity contribution in [1.82, 2.24) is 4.98 Å². The number of rotatable bonds is 10. The lowest BCUT2D eigenvalue weighted by Crippen LogP contribution is -2.08. The predicted molar refractivity (Wildman–Crippen MR) is 74.0 cm³/mol. The predicted octanol–water partition coefficient (Wildman–Crippen LogP) is 1.71. The van der Waals surface area contributed by atoms with Crippen LogP contribution >= 0.6 is 0 Å². The standard InChI is InChI=1S/C13H23N3O2/c1-2-4-15-12-9-13(11-14-10-12)16-5-3-7-18-8-6-17/h9-11,15-17H,2-8H2,1H3. The minimum atomic E-state index is 0.0858. The van der Waals surface area contributed by atoms with Gasteiger partial charge >= 0.3 is 0 Å². The van der Waals surface area contributed by atoms with E-state index in [1.54, 1.807) is 0 Å². The molecule has 18 heavy (non-hydrogen) atoms. The van der Waals surface area contributed by atoms with Gasteiger partial charge in [-0.15, -0.1) is 0 Å². The molecule has 3 N–H and O–H groups in total. The Bertz CT molecular complexity index is 321. The van der Waals surface area contributed by atoms with E-state index in [9.17, 15) is 0 Å². The van der Waals surface area contributed by atoms with Crippen molar-refractivity contribution in [2.45, 2.75) is 19.8 Å². The van der Waals surface area contributed by atoms with Gasteiger partial charge in [-0.3, -0.25) is 4.98 Å². The summed E-state index contributed by atoms with van der Waals surface area (Å²) in [7, 11) is 0. The summed E-state index contributed by atoms with van der Waals surface area (Å²) in [6.07, 6.45) is 5.64. The zero-order chi connectivity index (χ0) is 13.1. The van der Waals surface area contributed by atoms with Gasteiger partial charge in [0.25, 0.3) is 0 Å². The SMILES string of the molecule is CCCNc1cncc(NCCCOCCO)c1. The molecule has 0 saturated heterocycles. The van der Waals surface area contributed by atoms with Crippen LogP contribution in [0.4, 0.5) is 11.4 Å². The number of hydrogen-bond acceptors (Lipinski definition) is 5. The third kappa shape index (κ3) is 6.42. The van der Waals surface area contributed by atoms with Crippen LogP contribution in [-0.2, 0) is 4.74 Å². The molecule has 0 unspecified atom stereocenters. The van der Waals surface area contributed by atoms with Gasteiger partial charge in [0.1, 0.15) is 0 Å². The largest absolute Gasteiger partial charge is 0.394 e. The molecular formula is C13H23N3O2. The van der Waals surface area contributed by atoms with Crippen molar-refractivity contribution in [3.63, 3.8) is 0 Å². The number of nitrogens with one attached hydrogen (secondary N) is 2. The Kier molecular flexibility index (Phi) is 7.92. The molecule has 0 aliphatic carbocycles. The van der Waals surface area contributed by atoms with Crippen molar-refractivity contribution in [2.24, 2.45) is 0 Å². The van der Waals surface area contributed by atoms with E-state index >= 15 is 0 Å². The van der Waals surface area contributed by atoms with Crippen LogP contribution in [0.25, 0.3) is 0 Å². The number of ether oxygens (including phenoxy) is 1. The monoisotopic (exact) mass is 253 g/mol. The summed E-state index contributed by atoms with van der Waals surface area (Å²) in [5.74, 6) is 0. The molecule has 0 spiro atoms. The van der Waals surface area contributed by atoms with Crippen molar-refractivity contribution in [3.05, 3.63) is 18.5 Å². The molecule has 1 heterocycles. The molecule has 0 amide bonds. The van der Waals surface area contributed by atoms with Crippen molar-refractivity contribution >= 4 is 11.4 Å². The van der Waals surface area contributed by atoms with Crippen molar-refractivity contribution in [2.75, 3.05) is 43.5 Å². The van der Waals surface area contributed by atoms with Gasteiger partial charge in [0, 0.05) is 19.7 Å². The van der Waals surface area contributed by atoms with Crippen LogP contribution in [0.1, 0.15) is 19.8 Å². The molecule has 5 nitrogen and oxygen atoms in total. The highest BCUT2D eigenvalue weighted by Gasteiger charge is 1.96. The van der Waals surface area contributed by atoms with Crippen LogP contribution in [0.3, 0.4) is 0 Å². The number of hydrogen-bond donors (Lipinski definition) is 3. The van der Waals surface area contributed by atoms with E-state index in [-0.39, 0.29) is 6.61 Å². The zero-order valence-electron chi connectivity index (χ0n) is 11.0. The number of nitrogens with zero attached hydrogens (tertiary/aromatic N) is 1. The maximum atomic E-state index is 8.55. The number of anilines is 2. The van der Waals surface area contributed by atoms with Crippen LogP contribution in [-0.4, -0.2) is 43.0 Å². The van der Waals surface area contributed by atoms with Crippen LogP contribution in [0.2, 0.25) is 0 Å². The maximum Gasteiger partial charge on any atom is 0.0697 e. The van der Waals surface area contributed by atoms with Crippen molar-refractivity contribution in [1.29, 1.82) is 0 Å². The van der Waals surface area contributed by atoms with E-state index in [0.717, 1.165) is 37.3 Å². The molecule has 0 saturated carbocycles. The number of aliphatic hydroxyl groups is 1. The minimum Gasteiger partial charge on any atom is -0.394 e. The molecule has 0 bridgehead atoms.